The molecule has 1 aromatic rings. The van der Waals surface area contributed by atoms with E-state index in [0.717, 1.165) is 0 Å². The maximum atomic E-state index is 11.7. The molecule has 0 fully saturated rings. The van der Waals surface area contributed by atoms with Crippen molar-refractivity contribution >= 4 is 17.4 Å². The van der Waals surface area contributed by atoms with Gasteiger partial charge < -0.3 is 4.74 Å². The number of Topliss-reactive ketones (excluding diaryl/α,β-unsaturated/α-hetero) is 1. The Labute approximate surface area is 110 Å². The Morgan fingerprint density at radius 3 is 2.63 bits per heavy atom. The molecule has 1 unspecified atom stereocenters. The first-order chi connectivity index (χ1) is 8.99. The molecule has 1 atom stereocenters. The van der Waals surface area contributed by atoms with Crippen molar-refractivity contribution in [1.82, 2.24) is 0 Å². The van der Waals surface area contributed by atoms with Gasteiger partial charge in [-0.05, 0) is 12.0 Å². The van der Waals surface area contributed by atoms with Crippen LogP contribution in [0.5, 0.6) is 0 Å². The van der Waals surface area contributed by atoms with Gasteiger partial charge in [-0.1, -0.05) is 19.1 Å². The van der Waals surface area contributed by atoms with Crippen LogP contribution in [0.3, 0.4) is 0 Å². The monoisotopic (exact) mass is 265 g/mol. The van der Waals surface area contributed by atoms with Crippen LogP contribution in [0.4, 0.5) is 5.69 Å². The number of non-ortho nitro benzene ring substituents is 1. The van der Waals surface area contributed by atoms with Crippen LogP contribution in [0, 0.1) is 16.0 Å². The molecule has 0 aromatic heterocycles. The largest absolute Gasteiger partial charge is 0.468 e. The summed E-state index contributed by atoms with van der Waals surface area (Å²) in [6.07, 6.45) is 0.329. The summed E-state index contributed by atoms with van der Waals surface area (Å²) in [4.78, 5) is 33.4. The van der Waals surface area contributed by atoms with Gasteiger partial charge in [-0.15, -0.1) is 0 Å². The molecule has 0 saturated heterocycles. The number of ether oxygens (including phenoxy) is 1. The molecule has 0 radical (unpaired) electrons. The van der Waals surface area contributed by atoms with Crippen molar-refractivity contribution in [2.45, 2.75) is 19.8 Å². The number of nitrogens with zero attached hydrogens (tertiary/aromatic N) is 1. The van der Waals surface area contributed by atoms with Crippen LogP contribution in [0.25, 0.3) is 0 Å². The van der Waals surface area contributed by atoms with E-state index in [-0.39, 0.29) is 24.3 Å². The molecule has 0 aliphatic carbocycles. The molecule has 0 spiro atoms. The minimum absolute atomic E-state index is 0.0648. The van der Waals surface area contributed by atoms with E-state index in [1.165, 1.54) is 25.3 Å². The second-order valence-corrected chi connectivity index (χ2v) is 4.03. The first-order valence-electron chi connectivity index (χ1n) is 5.83. The van der Waals surface area contributed by atoms with Crippen LogP contribution < -0.4 is 0 Å². The minimum Gasteiger partial charge on any atom is -0.468 e. The van der Waals surface area contributed by atoms with Crippen molar-refractivity contribution in [3.05, 3.63) is 39.9 Å². The molecule has 19 heavy (non-hydrogen) atoms. The smallest absolute Gasteiger partial charge is 0.316 e. The van der Waals surface area contributed by atoms with Crippen molar-refractivity contribution in [1.29, 1.82) is 0 Å². The van der Waals surface area contributed by atoms with E-state index in [9.17, 15) is 19.7 Å². The van der Waals surface area contributed by atoms with E-state index in [4.69, 9.17) is 0 Å². The first kappa shape index (κ1) is 14.8. The average molecular weight is 265 g/mol. The topological polar surface area (TPSA) is 86.5 Å². The van der Waals surface area contributed by atoms with E-state index < -0.39 is 16.8 Å². The Hall–Kier alpha value is -2.24. The van der Waals surface area contributed by atoms with E-state index in [2.05, 4.69) is 4.74 Å². The SMILES string of the molecule is CCC(=O)C(Cc1cccc([N+](=O)[O-])c1)C(=O)OC. The minimum atomic E-state index is -0.906. The van der Waals surface area contributed by atoms with Crippen molar-refractivity contribution in [3.63, 3.8) is 0 Å². The summed E-state index contributed by atoms with van der Waals surface area (Å²) in [5.41, 5.74) is 0.497. The summed E-state index contributed by atoms with van der Waals surface area (Å²) in [7, 11) is 1.21. The number of hydrogen-bond donors (Lipinski definition) is 0. The molecule has 6 nitrogen and oxygen atoms in total. The molecule has 0 amide bonds. The second kappa shape index (κ2) is 6.63. The van der Waals surface area contributed by atoms with Gasteiger partial charge in [0.15, 0.2) is 0 Å². The third-order valence-corrected chi connectivity index (χ3v) is 2.78. The van der Waals surface area contributed by atoms with Crippen LogP contribution in [-0.4, -0.2) is 23.8 Å². The van der Waals surface area contributed by atoms with Crippen LogP contribution >= 0.6 is 0 Å². The number of benzene rings is 1. The fourth-order valence-corrected chi connectivity index (χ4v) is 1.75. The number of carbonyl (C=O) groups excluding carboxylic acids is 2. The lowest BCUT2D eigenvalue weighted by atomic mass is 9.94. The zero-order valence-electron chi connectivity index (χ0n) is 10.8. The number of hydrogen-bond acceptors (Lipinski definition) is 5. The zero-order chi connectivity index (χ0) is 14.4. The lowest BCUT2D eigenvalue weighted by molar-refractivity contribution is -0.384. The molecule has 0 aliphatic heterocycles. The summed E-state index contributed by atoms with van der Waals surface area (Å²) in [5.74, 6) is -1.76. The van der Waals surface area contributed by atoms with Crippen molar-refractivity contribution in [2.75, 3.05) is 7.11 Å². The summed E-state index contributed by atoms with van der Waals surface area (Å²) >= 11 is 0. The molecule has 1 aromatic carbocycles. The van der Waals surface area contributed by atoms with E-state index in [1.54, 1.807) is 13.0 Å². The number of ketones is 1. The molecular formula is C13H15NO5. The lowest BCUT2D eigenvalue weighted by Gasteiger charge is -2.12. The fourth-order valence-electron chi connectivity index (χ4n) is 1.75. The summed E-state index contributed by atoms with van der Waals surface area (Å²) < 4.78 is 4.59. The van der Waals surface area contributed by atoms with Gasteiger partial charge in [-0.3, -0.25) is 19.7 Å². The number of methoxy groups -OCH3 is 1. The predicted molar refractivity (Wildman–Crippen MR) is 67.6 cm³/mol. The van der Waals surface area contributed by atoms with Gasteiger partial charge in [0.2, 0.25) is 0 Å². The van der Waals surface area contributed by atoms with Crippen LogP contribution in [0.15, 0.2) is 24.3 Å². The number of esters is 1. The van der Waals surface area contributed by atoms with Gasteiger partial charge >= 0.3 is 5.97 Å². The highest BCUT2D eigenvalue weighted by Gasteiger charge is 2.26. The highest BCUT2D eigenvalue weighted by molar-refractivity contribution is 5.99. The molecule has 102 valence electrons. The molecule has 0 aliphatic rings. The lowest BCUT2D eigenvalue weighted by Crippen LogP contribution is -2.27. The van der Waals surface area contributed by atoms with Crippen LogP contribution in [0.2, 0.25) is 0 Å². The highest BCUT2D eigenvalue weighted by Crippen LogP contribution is 2.18. The predicted octanol–water partition coefficient (Wildman–Crippen LogP) is 1.91. The molecule has 0 bridgehead atoms. The number of rotatable bonds is 6. The molecular weight excluding hydrogens is 250 g/mol. The summed E-state index contributed by atoms with van der Waals surface area (Å²) in [5, 5.41) is 10.7. The van der Waals surface area contributed by atoms with E-state index >= 15 is 0 Å². The van der Waals surface area contributed by atoms with Gasteiger partial charge in [0.1, 0.15) is 11.7 Å². The number of nitro benzene ring substituents is 1. The molecule has 0 N–H and O–H groups in total. The van der Waals surface area contributed by atoms with Crippen LogP contribution in [0.1, 0.15) is 18.9 Å². The molecule has 6 heteroatoms. The maximum absolute atomic E-state index is 11.7. The second-order valence-electron chi connectivity index (χ2n) is 4.03. The normalized spacial score (nSPS) is 11.7. The highest BCUT2D eigenvalue weighted by atomic mass is 16.6. The van der Waals surface area contributed by atoms with Gasteiger partial charge in [0.05, 0.1) is 12.0 Å². The summed E-state index contributed by atoms with van der Waals surface area (Å²) in [6, 6.07) is 5.89. The summed E-state index contributed by atoms with van der Waals surface area (Å²) in [6.45, 7) is 1.66. The Morgan fingerprint density at radius 1 is 1.42 bits per heavy atom. The van der Waals surface area contributed by atoms with Crippen LogP contribution in [-0.2, 0) is 20.7 Å². The molecule has 0 saturated carbocycles. The standard InChI is InChI=1S/C13H15NO5/c1-3-12(15)11(13(16)19-2)8-9-5-4-6-10(7-9)14(17)18/h4-7,11H,3,8H2,1-2H3. The molecule has 0 heterocycles. The molecule has 1 rings (SSSR count). The number of carbonyl (C=O) groups is 2. The Morgan fingerprint density at radius 2 is 2.11 bits per heavy atom. The Kier molecular flexibility index (Phi) is 5.17. The van der Waals surface area contributed by atoms with E-state index in [1.807, 2.05) is 0 Å². The van der Waals surface area contributed by atoms with Gasteiger partial charge in [-0.25, -0.2) is 0 Å². The third-order valence-electron chi connectivity index (χ3n) is 2.78. The quantitative estimate of drug-likeness (QED) is 0.339. The van der Waals surface area contributed by atoms with Crippen molar-refractivity contribution < 1.29 is 19.2 Å². The van der Waals surface area contributed by atoms with Gasteiger partial charge in [0, 0.05) is 18.6 Å². The zero-order valence-corrected chi connectivity index (χ0v) is 10.8. The van der Waals surface area contributed by atoms with Gasteiger partial charge in [-0.2, -0.15) is 0 Å². The Balaban J connectivity index is 2.96. The van der Waals surface area contributed by atoms with Crippen molar-refractivity contribution in [3.8, 4) is 0 Å². The van der Waals surface area contributed by atoms with E-state index in [0.29, 0.717) is 5.56 Å². The first-order valence-corrected chi connectivity index (χ1v) is 5.83. The maximum Gasteiger partial charge on any atom is 0.316 e. The Bertz CT molecular complexity index is 482. The average Bonchev–Trinajstić information content (AvgIpc) is 2.43. The van der Waals surface area contributed by atoms with Crippen molar-refractivity contribution in [2.24, 2.45) is 5.92 Å². The third kappa shape index (κ3) is 3.87. The fraction of sp³-hybridized carbons (Fsp3) is 0.385. The number of nitro groups is 1. The van der Waals surface area contributed by atoms with Gasteiger partial charge in [0.25, 0.3) is 5.69 Å².